The van der Waals surface area contributed by atoms with E-state index in [1.807, 2.05) is 24.3 Å². The summed E-state index contributed by atoms with van der Waals surface area (Å²) in [6.07, 6.45) is 0.616. The highest BCUT2D eigenvalue weighted by molar-refractivity contribution is 9.24. The third kappa shape index (κ3) is 4.07. The second-order valence-corrected chi connectivity index (χ2v) is 7.00. The molecule has 0 saturated heterocycles. The van der Waals surface area contributed by atoms with E-state index >= 15 is 0 Å². The lowest BCUT2D eigenvalue weighted by Gasteiger charge is -2.06. The van der Waals surface area contributed by atoms with Gasteiger partial charge in [0.2, 0.25) is 0 Å². The molecule has 0 saturated carbocycles. The fraction of sp³-hybridized carbons (Fsp3) is 0.417. The summed E-state index contributed by atoms with van der Waals surface area (Å²) in [5.41, 5.74) is 1.92. The van der Waals surface area contributed by atoms with Crippen molar-refractivity contribution in [2.45, 2.75) is 24.0 Å². The van der Waals surface area contributed by atoms with Crippen molar-refractivity contribution in [2.24, 2.45) is 5.92 Å². The van der Waals surface area contributed by atoms with Crippen molar-refractivity contribution in [1.82, 2.24) is 0 Å². The number of hydrogen-bond donors (Lipinski definition) is 0. The molecule has 0 heterocycles. The van der Waals surface area contributed by atoms with Gasteiger partial charge < -0.3 is 0 Å². The zero-order chi connectivity index (χ0) is 11.4. The van der Waals surface area contributed by atoms with Gasteiger partial charge in [-0.3, -0.25) is 4.79 Å². The third-order valence-corrected chi connectivity index (χ3v) is 3.14. The normalized spacial score (nSPS) is 11.1. The second-order valence-electron chi connectivity index (χ2n) is 3.94. The molecule has 1 nitrogen and oxygen atoms in total. The average Bonchev–Trinajstić information content (AvgIpc) is 2.17. The third-order valence-electron chi connectivity index (χ3n) is 2.08. The van der Waals surface area contributed by atoms with Crippen LogP contribution in [0.5, 0.6) is 0 Å². The molecule has 0 aliphatic rings. The number of Topliss-reactive ketones (excluding diaryl/α,β-unsaturated/α-hetero) is 1. The molecule has 0 radical (unpaired) electrons. The topological polar surface area (TPSA) is 17.1 Å². The standard InChI is InChI=1S/C12H14Br2O/c1-8(2)7-11(15)9-3-5-10(6-4-9)12(13)14/h3-6,8,12H,7H2,1-2H3. The maximum Gasteiger partial charge on any atom is 0.163 e. The molecule has 1 rings (SSSR count). The summed E-state index contributed by atoms with van der Waals surface area (Å²) in [6, 6.07) is 7.69. The average molecular weight is 334 g/mol. The zero-order valence-electron chi connectivity index (χ0n) is 8.84. The van der Waals surface area contributed by atoms with Crippen LogP contribution in [0.4, 0.5) is 0 Å². The molecule has 1 aromatic carbocycles. The largest absolute Gasteiger partial charge is 0.294 e. The van der Waals surface area contributed by atoms with Crippen LogP contribution >= 0.6 is 31.9 Å². The molecule has 1 aromatic rings. The molecule has 0 atom stereocenters. The molecule has 0 spiro atoms. The van der Waals surface area contributed by atoms with Crippen LogP contribution in [0.1, 0.15) is 39.9 Å². The first-order chi connectivity index (χ1) is 7.00. The molecule has 0 N–H and O–H groups in total. The van der Waals surface area contributed by atoms with Gasteiger partial charge in [-0.2, -0.15) is 0 Å². The van der Waals surface area contributed by atoms with Crippen molar-refractivity contribution < 1.29 is 4.79 Å². The van der Waals surface area contributed by atoms with Gasteiger partial charge in [0.25, 0.3) is 0 Å². The van der Waals surface area contributed by atoms with Crippen molar-refractivity contribution >= 4 is 37.6 Å². The number of carbonyl (C=O) groups excluding carboxylic acids is 1. The van der Waals surface area contributed by atoms with E-state index in [4.69, 9.17) is 0 Å². The lowest BCUT2D eigenvalue weighted by atomic mass is 10.0. The summed E-state index contributed by atoms with van der Waals surface area (Å²) in [5.74, 6) is 0.634. The van der Waals surface area contributed by atoms with E-state index in [2.05, 4.69) is 45.7 Å². The van der Waals surface area contributed by atoms with Gasteiger partial charge in [-0.15, -0.1) is 0 Å². The molecule has 0 unspecified atom stereocenters. The van der Waals surface area contributed by atoms with Crippen LogP contribution < -0.4 is 0 Å². The number of carbonyl (C=O) groups is 1. The van der Waals surface area contributed by atoms with Gasteiger partial charge in [-0.05, 0) is 11.5 Å². The highest BCUT2D eigenvalue weighted by Gasteiger charge is 2.09. The van der Waals surface area contributed by atoms with E-state index in [1.165, 1.54) is 0 Å². The molecule has 0 aromatic heterocycles. The summed E-state index contributed by atoms with van der Waals surface area (Å²) < 4.78 is 0.152. The van der Waals surface area contributed by atoms with Crippen molar-refractivity contribution in [2.75, 3.05) is 0 Å². The SMILES string of the molecule is CC(C)CC(=O)c1ccc(C(Br)Br)cc1. The van der Waals surface area contributed by atoms with Gasteiger partial charge in [0.1, 0.15) is 0 Å². The van der Waals surface area contributed by atoms with Crippen LogP contribution in [0.25, 0.3) is 0 Å². The summed E-state index contributed by atoms with van der Waals surface area (Å²) in [7, 11) is 0. The smallest absolute Gasteiger partial charge is 0.163 e. The summed E-state index contributed by atoms with van der Waals surface area (Å²) in [5, 5.41) is 0. The predicted octanol–water partition coefficient (Wildman–Crippen LogP) is 4.70. The van der Waals surface area contributed by atoms with Crippen molar-refractivity contribution in [3.8, 4) is 0 Å². The maximum absolute atomic E-state index is 11.7. The number of halogens is 2. The van der Waals surface area contributed by atoms with Crippen LogP contribution in [-0.4, -0.2) is 5.78 Å². The Labute approximate surface area is 108 Å². The Hall–Kier alpha value is -0.150. The summed E-state index contributed by atoms with van der Waals surface area (Å²) in [6.45, 7) is 4.11. The molecule has 0 aliphatic heterocycles. The minimum atomic E-state index is 0.152. The Morgan fingerprint density at radius 3 is 2.13 bits per heavy atom. The number of benzene rings is 1. The van der Waals surface area contributed by atoms with Crippen LogP contribution in [-0.2, 0) is 0 Å². The Kier molecular flexibility index (Phi) is 5.00. The number of hydrogen-bond acceptors (Lipinski definition) is 1. The van der Waals surface area contributed by atoms with Crippen LogP contribution in [0.3, 0.4) is 0 Å². The van der Waals surface area contributed by atoms with Crippen molar-refractivity contribution in [3.63, 3.8) is 0 Å². The molecule has 0 aliphatic carbocycles. The number of ketones is 1. The highest BCUT2D eigenvalue weighted by atomic mass is 79.9. The first kappa shape index (κ1) is 12.9. The van der Waals surface area contributed by atoms with Gasteiger partial charge in [0, 0.05) is 12.0 Å². The van der Waals surface area contributed by atoms with Crippen molar-refractivity contribution in [1.29, 1.82) is 0 Å². The molecule has 15 heavy (non-hydrogen) atoms. The van der Waals surface area contributed by atoms with E-state index in [1.54, 1.807) is 0 Å². The van der Waals surface area contributed by atoms with E-state index in [9.17, 15) is 4.79 Å². The minimum Gasteiger partial charge on any atom is -0.294 e. The Bertz CT molecular complexity index is 328. The molecule has 0 fully saturated rings. The Morgan fingerprint density at radius 1 is 1.20 bits per heavy atom. The lowest BCUT2D eigenvalue weighted by Crippen LogP contribution is -2.03. The van der Waals surface area contributed by atoms with Gasteiger partial charge >= 0.3 is 0 Å². The first-order valence-corrected chi connectivity index (χ1v) is 6.75. The highest BCUT2D eigenvalue weighted by Crippen LogP contribution is 2.29. The lowest BCUT2D eigenvalue weighted by molar-refractivity contribution is 0.0968. The summed E-state index contributed by atoms with van der Waals surface area (Å²) >= 11 is 6.83. The van der Waals surface area contributed by atoms with Gasteiger partial charge in [0.15, 0.2) is 5.78 Å². The predicted molar refractivity (Wildman–Crippen MR) is 70.8 cm³/mol. The van der Waals surface area contributed by atoms with Gasteiger partial charge in [-0.25, -0.2) is 0 Å². The first-order valence-electron chi connectivity index (χ1n) is 4.92. The van der Waals surface area contributed by atoms with Gasteiger partial charge in [-0.1, -0.05) is 70.0 Å². The number of alkyl halides is 2. The fourth-order valence-electron chi connectivity index (χ4n) is 1.30. The second kappa shape index (κ2) is 5.80. The zero-order valence-corrected chi connectivity index (χ0v) is 12.0. The quantitative estimate of drug-likeness (QED) is 0.576. The maximum atomic E-state index is 11.7. The monoisotopic (exact) mass is 332 g/mol. The van der Waals surface area contributed by atoms with Crippen LogP contribution in [0.15, 0.2) is 24.3 Å². The molecule has 0 bridgehead atoms. The van der Waals surface area contributed by atoms with Crippen molar-refractivity contribution in [3.05, 3.63) is 35.4 Å². The van der Waals surface area contributed by atoms with E-state index < -0.39 is 0 Å². The van der Waals surface area contributed by atoms with Crippen LogP contribution in [0.2, 0.25) is 0 Å². The fourth-order valence-corrected chi connectivity index (χ4v) is 1.91. The van der Waals surface area contributed by atoms with E-state index in [0.29, 0.717) is 12.3 Å². The van der Waals surface area contributed by atoms with E-state index in [-0.39, 0.29) is 9.52 Å². The van der Waals surface area contributed by atoms with E-state index in [0.717, 1.165) is 11.1 Å². The summed E-state index contributed by atoms with van der Waals surface area (Å²) in [4.78, 5) is 11.7. The van der Waals surface area contributed by atoms with Crippen LogP contribution in [0, 0.1) is 5.92 Å². The number of rotatable bonds is 4. The minimum absolute atomic E-state index is 0.152. The molecular weight excluding hydrogens is 320 g/mol. The molecule has 0 amide bonds. The Morgan fingerprint density at radius 2 is 1.73 bits per heavy atom. The Balaban J connectivity index is 2.75. The molecule has 82 valence electrons. The molecular formula is C12H14Br2O. The molecule has 3 heteroatoms. The van der Waals surface area contributed by atoms with Gasteiger partial charge in [0.05, 0.1) is 3.74 Å².